The topological polar surface area (TPSA) is 85.8 Å². The Morgan fingerprint density at radius 2 is 1.86 bits per heavy atom. The summed E-state index contributed by atoms with van der Waals surface area (Å²) in [6.07, 6.45) is 3.73. The molecule has 2 aliphatic heterocycles. The number of hydrogen-bond donors (Lipinski definition) is 1. The average Bonchev–Trinajstić information content (AvgIpc) is 3.68. The van der Waals surface area contributed by atoms with Crippen LogP contribution in [0.15, 0.2) is 66.2 Å². The van der Waals surface area contributed by atoms with E-state index in [1.165, 1.54) is 18.4 Å². The molecule has 220 valence electrons. The van der Waals surface area contributed by atoms with Gasteiger partial charge in [0.2, 0.25) is 0 Å². The summed E-state index contributed by atoms with van der Waals surface area (Å²) in [4.78, 5) is 23.0. The Bertz CT molecular complexity index is 1510. The van der Waals surface area contributed by atoms with Crippen LogP contribution in [0.1, 0.15) is 41.3 Å². The predicted molar refractivity (Wildman–Crippen MR) is 168 cm³/mol. The number of carbonyl (C=O) groups is 1. The van der Waals surface area contributed by atoms with Gasteiger partial charge >= 0.3 is 5.97 Å². The summed E-state index contributed by atoms with van der Waals surface area (Å²) in [5.74, 6) is 0.675. The van der Waals surface area contributed by atoms with Crippen LogP contribution in [0.25, 0.3) is 10.4 Å². The molecule has 2 unspecified atom stereocenters. The van der Waals surface area contributed by atoms with Crippen molar-refractivity contribution in [1.82, 2.24) is 9.55 Å². The van der Waals surface area contributed by atoms with Crippen molar-refractivity contribution >= 4 is 28.8 Å². The zero-order valence-electron chi connectivity index (χ0n) is 24.6. The highest BCUT2D eigenvalue weighted by molar-refractivity contribution is 7.13. The van der Waals surface area contributed by atoms with Crippen molar-refractivity contribution in [3.8, 4) is 10.4 Å². The summed E-state index contributed by atoms with van der Waals surface area (Å²) >= 11 is 1.65. The van der Waals surface area contributed by atoms with E-state index < -0.39 is 5.72 Å². The Labute approximate surface area is 251 Å². The Morgan fingerprint density at radius 3 is 2.55 bits per heavy atom. The standard InChI is InChI=1S/C33H39N5O3S/c1-23-20-24(2)35-30(21-23)37-16-14-36(15-17-37)26-10-8-25(9-11-26)28-6-4-18-41-33(28,34)32-27(29-7-5-19-42-29)12-13-38(32)22-31(39)40-3/h5,7-13,19-21,28H,4,6,14-18,22,34H2,1-3H3. The molecule has 2 aliphatic rings. The number of anilines is 2. The van der Waals surface area contributed by atoms with E-state index in [0.717, 1.165) is 72.2 Å². The number of pyridine rings is 1. The fourth-order valence-corrected chi connectivity index (χ4v) is 7.21. The molecule has 0 spiro atoms. The number of methoxy groups -OCH3 is 1. The summed E-state index contributed by atoms with van der Waals surface area (Å²) in [6.45, 7) is 8.57. The molecule has 2 atom stereocenters. The van der Waals surface area contributed by atoms with Gasteiger partial charge in [0.05, 0.1) is 12.8 Å². The zero-order valence-corrected chi connectivity index (χ0v) is 25.4. The van der Waals surface area contributed by atoms with E-state index in [4.69, 9.17) is 20.2 Å². The monoisotopic (exact) mass is 585 g/mol. The van der Waals surface area contributed by atoms with Crippen LogP contribution in [0.5, 0.6) is 0 Å². The van der Waals surface area contributed by atoms with E-state index in [-0.39, 0.29) is 18.4 Å². The first-order valence-corrected chi connectivity index (χ1v) is 15.5. The van der Waals surface area contributed by atoms with E-state index in [1.807, 2.05) is 22.9 Å². The average molecular weight is 586 g/mol. The SMILES string of the molecule is COC(=O)Cn1ccc(-c2cccs2)c1C1(N)OCCCC1c1ccc(N2CCN(c3cc(C)cc(C)n3)CC2)cc1. The number of benzene rings is 1. The quantitative estimate of drug-likeness (QED) is 0.289. The maximum Gasteiger partial charge on any atom is 0.325 e. The molecular weight excluding hydrogens is 546 g/mol. The lowest BCUT2D eigenvalue weighted by atomic mass is 9.80. The Kier molecular flexibility index (Phi) is 8.07. The molecule has 1 aromatic carbocycles. The number of piperazine rings is 1. The Balaban J connectivity index is 1.25. The van der Waals surface area contributed by atoms with Gasteiger partial charge in [-0.1, -0.05) is 18.2 Å². The lowest BCUT2D eigenvalue weighted by molar-refractivity contribution is -0.141. The highest BCUT2D eigenvalue weighted by atomic mass is 32.1. The third-order valence-corrected chi connectivity index (χ3v) is 9.39. The van der Waals surface area contributed by atoms with E-state index in [9.17, 15) is 4.79 Å². The third-order valence-electron chi connectivity index (χ3n) is 8.49. The van der Waals surface area contributed by atoms with Crippen LogP contribution in [0.4, 0.5) is 11.5 Å². The molecule has 5 heterocycles. The van der Waals surface area contributed by atoms with Gasteiger partial charge in [-0.05, 0) is 79.6 Å². The number of aromatic nitrogens is 2. The summed E-state index contributed by atoms with van der Waals surface area (Å²) < 4.78 is 13.4. The number of ether oxygens (including phenoxy) is 2. The van der Waals surface area contributed by atoms with Gasteiger partial charge in [-0.3, -0.25) is 10.5 Å². The summed E-state index contributed by atoms with van der Waals surface area (Å²) in [6, 6.07) is 19.3. The lowest BCUT2D eigenvalue weighted by Gasteiger charge is -2.42. The Hall–Kier alpha value is -3.66. The molecule has 2 N–H and O–H groups in total. The molecule has 0 saturated carbocycles. The number of nitrogens with two attached hydrogens (primary N) is 1. The Morgan fingerprint density at radius 1 is 1.10 bits per heavy atom. The van der Waals surface area contributed by atoms with Crippen molar-refractivity contribution in [1.29, 1.82) is 0 Å². The van der Waals surface area contributed by atoms with Gasteiger partial charge < -0.3 is 23.8 Å². The number of rotatable bonds is 7. The van der Waals surface area contributed by atoms with Gasteiger partial charge in [0, 0.05) is 66.7 Å². The number of hydrogen-bond acceptors (Lipinski definition) is 8. The molecule has 6 rings (SSSR count). The van der Waals surface area contributed by atoms with Crippen LogP contribution >= 0.6 is 11.3 Å². The minimum Gasteiger partial charge on any atom is -0.468 e. The highest BCUT2D eigenvalue weighted by Gasteiger charge is 2.45. The maximum atomic E-state index is 12.4. The fourth-order valence-electron chi connectivity index (χ4n) is 6.46. The first-order chi connectivity index (χ1) is 20.4. The van der Waals surface area contributed by atoms with E-state index in [1.54, 1.807) is 11.3 Å². The van der Waals surface area contributed by atoms with Crippen LogP contribution in [0, 0.1) is 13.8 Å². The third kappa shape index (κ3) is 5.56. The molecule has 0 amide bonds. The molecule has 4 aromatic rings. The predicted octanol–water partition coefficient (Wildman–Crippen LogP) is 5.43. The van der Waals surface area contributed by atoms with Gasteiger partial charge in [-0.2, -0.15) is 0 Å². The van der Waals surface area contributed by atoms with E-state index in [0.29, 0.717) is 6.61 Å². The molecule has 2 fully saturated rings. The molecule has 42 heavy (non-hydrogen) atoms. The molecule has 3 aromatic heterocycles. The normalized spacial score (nSPS) is 21.0. The van der Waals surface area contributed by atoms with Crippen molar-refractivity contribution in [2.45, 2.75) is 44.9 Å². The van der Waals surface area contributed by atoms with Crippen LogP contribution < -0.4 is 15.5 Å². The van der Waals surface area contributed by atoms with E-state index in [2.05, 4.69) is 71.5 Å². The van der Waals surface area contributed by atoms with Gasteiger partial charge in [-0.15, -0.1) is 11.3 Å². The number of carbonyl (C=O) groups excluding carboxylic acids is 1. The molecule has 0 bridgehead atoms. The van der Waals surface area contributed by atoms with Crippen molar-refractivity contribution in [3.63, 3.8) is 0 Å². The highest BCUT2D eigenvalue weighted by Crippen LogP contribution is 2.46. The summed E-state index contributed by atoms with van der Waals surface area (Å²) in [5, 5.41) is 2.05. The second-order valence-electron chi connectivity index (χ2n) is 11.3. The summed E-state index contributed by atoms with van der Waals surface area (Å²) in [5.41, 5.74) is 12.7. The number of aryl methyl sites for hydroxylation is 2. The number of esters is 1. The van der Waals surface area contributed by atoms with Gasteiger partial charge in [-0.25, -0.2) is 4.98 Å². The molecule has 2 saturated heterocycles. The first kappa shape index (κ1) is 28.5. The largest absolute Gasteiger partial charge is 0.468 e. The van der Waals surface area contributed by atoms with E-state index >= 15 is 0 Å². The van der Waals surface area contributed by atoms with Gasteiger partial charge in [0.15, 0.2) is 5.72 Å². The van der Waals surface area contributed by atoms with Crippen molar-refractivity contribution in [2.75, 3.05) is 49.7 Å². The van der Waals surface area contributed by atoms with Crippen LogP contribution in [-0.2, 0) is 26.5 Å². The molecule has 0 aliphatic carbocycles. The number of nitrogens with zero attached hydrogens (tertiary/aromatic N) is 4. The molecule has 8 nitrogen and oxygen atoms in total. The van der Waals surface area contributed by atoms with Gasteiger partial charge in [0.25, 0.3) is 0 Å². The van der Waals surface area contributed by atoms with Crippen molar-refractivity contribution < 1.29 is 14.3 Å². The van der Waals surface area contributed by atoms with Crippen molar-refractivity contribution in [2.24, 2.45) is 5.73 Å². The summed E-state index contributed by atoms with van der Waals surface area (Å²) in [7, 11) is 1.41. The van der Waals surface area contributed by atoms with Crippen molar-refractivity contribution in [3.05, 3.63) is 88.7 Å². The molecule has 9 heteroatoms. The zero-order chi connectivity index (χ0) is 29.3. The number of thiophene rings is 1. The fraction of sp³-hybridized carbons (Fsp3) is 0.394. The maximum absolute atomic E-state index is 12.4. The smallest absolute Gasteiger partial charge is 0.325 e. The molecular formula is C33H39N5O3S. The first-order valence-electron chi connectivity index (χ1n) is 14.6. The minimum atomic E-state index is -1.10. The van der Waals surface area contributed by atoms with Crippen LogP contribution in [-0.4, -0.2) is 55.4 Å². The second kappa shape index (κ2) is 11.9. The van der Waals surface area contributed by atoms with Crippen LogP contribution in [0.2, 0.25) is 0 Å². The van der Waals surface area contributed by atoms with Crippen LogP contribution in [0.3, 0.4) is 0 Å². The second-order valence-corrected chi connectivity index (χ2v) is 12.3. The van der Waals surface area contributed by atoms with Gasteiger partial charge in [0.1, 0.15) is 12.4 Å². The molecule has 0 radical (unpaired) electrons. The minimum absolute atomic E-state index is 0.0715. The lowest BCUT2D eigenvalue weighted by Crippen LogP contribution is -2.50.